The van der Waals surface area contributed by atoms with E-state index in [1.165, 1.54) is 18.9 Å². The second-order valence-corrected chi connectivity index (χ2v) is 8.60. The lowest BCUT2D eigenvalue weighted by Gasteiger charge is -2.18. The van der Waals surface area contributed by atoms with Gasteiger partial charge < -0.3 is 19.8 Å². The third-order valence-electron chi connectivity index (χ3n) is 4.90. The van der Waals surface area contributed by atoms with E-state index in [4.69, 9.17) is 9.15 Å². The lowest BCUT2D eigenvalue weighted by atomic mass is 9.94. The van der Waals surface area contributed by atoms with E-state index >= 15 is 0 Å². The van der Waals surface area contributed by atoms with Crippen molar-refractivity contribution >= 4 is 5.96 Å². The molecule has 0 amide bonds. The Kier molecular flexibility index (Phi) is 6.45. The molecule has 0 radical (unpaired) electrons. The summed E-state index contributed by atoms with van der Waals surface area (Å²) in [4.78, 5) is 8.53. The van der Waals surface area contributed by atoms with Gasteiger partial charge in [0.25, 0.3) is 0 Å². The highest BCUT2D eigenvalue weighted by Crippen LogP contribution is 2.30. The lowest BCUT2D eigenvalue weighted by molar-refractivity contribution is 0.285. The predicted octanol–water partition coefficient (Wildman–Crippen LogP) is 4.33. The van der Waals surface area contributed by atoms with Gasteiger partial charge in [0, 0.05) is 12.5 Å². The minimum atomic E-state index is -0.339. The summed E-state index contributed by atoms with van der Waals surface area (Å²) in [5.74, 6) is 2.58. The number of halogens is 1. The molecule has 1 fully saturated rings. The van der Waals surface area contributed by atoms with Gasteiger partial charge in [-0.3, -0.25) is 4.99 Å². The molecule has 1 aromatic heterocycles. The van der Waals surface area contributed by atoms with Crippen LogP contribution in [0.3, 0.4) is 0 Å². The van der Waals surface area contributed by atoms with Crippen molar-refractivity contribution in [3.63, 3.8) is 0 Å². The molecule has 6 nitrogen and oxygen atoms in total. The van der Waals surface area contributed by atoms with Crippen LogP contribution in [0.2, 0.25) is 0 Å². The first-order valence-electron chi connectivity index (χ1n) is 10.1. The van der Waals surface area contributed by atoms with Crippen LogP contribution in [-0.4, -0.2) is 24.6 Å². The quantitative estimate of drug-likeness (QED) is 0.533. The van der Waals surface area contributed by atoms with E-state index in [2.05, 4.69) is 41.4 Å². The highest BCUT2D eigenvalue weighted by atomic mass is 19.1. The van der Waals surface area contributed by atoms with E-state index < -0.39 is 0 Å². The van der Waals surface area contributed by atoms with Crippen molar-refractivity contribution < 1.29 is 13.5 Å². The van der Waals surface area contributed by atoms with Gasteiger partial charge in [0.05, 0.1) is 25.4 Å². The third kappa shape index (κ3) is 5.95. The molecular formula is C22H31FN4O2. The molecule has 3 rings (SSSR count). The molecule has 1 saturated carbocycles. The minimum absolute atomic E-state index is 0.0850. The highest BCUT2D eigenvalue weighted by Gasteiger charge is 2.23. The Bertz CT molecular complexity index is 853. The Hall–Kier alpha value is -2.57. The summed E-state index contributed by atoms with van der Waals surface area (Å²) in [7, 11) is 1.69. The summed E-state index contributed by atoms with van der Waals surface area (Å²) in [5.41, 5.74) is 0.730. The fourth-order valence-corrected chi connectivity index (χ4v) is 2.78. The maximum absolute atomic E-state index is 14.3. The highest BCUT2D eigenvalue weighted by molar-refractivity contribution is 5.80. The molecule has 2 N–H and O–H groups in total. The van der Waals surface area contributed by atoms with Crippen LogP contribution in [-0.2, 0) is 12.0 Å². The van der Waals surface area contributed by atoms with Gasteiger partial charge in [0.2, 0.25) is 5.89 Å². The number of rotatable bonds is 7. The van der Waals surface area contributed by atoms with Crippen LogP contribution in [0.4, 0.5) is 4.39 Å². The van der Waals surface area contributed by atoms with Crippen LogP contribution in [0.15, 0.2) is 33.8 Å². The van der Waals surface area contributed by atoms with Crippen LogP contribution in [0.25, 0.3) is 0 Å². The largest absolute Gasteiger partial charge is 0.490 e. The number of guanidine groups is 1. The topological polar surface area (TPSA) is 71.7 Å². The summed E-state index contributed by atoms with van der Waals surface area (Å²) >= 11 is 0. The zero-order valence-corrected chi connectivity index (χ0v) is 17.9. The van der Waals surface area contributed by atoms with Gasteiger partial charge in [0.15, 0.2) is 17.5 Å². The number of hydrogen-bond acceptors (Lipinski definition) is 4. The van der Waals surface area contributed by atoms with Gasteiger partial charge in [-0.25, -0.2) is 9.37 Å². The van der Waals surface area contributed by atoms with E-state index in [1.54, 1.807) is 19.3 Å². The molecule has 1 unspecified atom stereocenters. The molecule has 0 saturated heterocycles. The van der Waals surface area contributed by atoms with Crippen molar-refractivity contribution in [2.75, 3.05) is 13.7 Å². The van der Waals surface area contributed by atoms with E-state index in [9.17, 15) is 4.39 Å². The number of oxazole rings is 1. The summed E-state index contributed by atoms with van der Waals surface area (Å²) in [6, 6.07) is 4.95. The standard InChI is InChI=1S/C22H31FN4O2/c1-14(16-8-9-18(17(23)10-16)28-13-15-6-7-15)27-21(24-5)26-12-20-25-11-19(29-20)22(2,3)4/h8-11,14-15H,6-7,12-13H2,1-5H3,(H2,24,26,27). The van der Waals surface area contributed by atoms with E-state index in [0.29, 0.717) is 36.7 Å². The lowest BCUT2D eigenvalue weighted by Crippen LogP contribution is -2.38. The Balaban J connectivity index is 1.54. The van der Waals surface area contributed by atoms with Crippen LogP contribution < -0.4 is 15.4 Å². The molecule has 1 aliphatic carbocycles. The zero-order chi connectivity index (χ0) is 21.0. The van der Waals surface area contributed by atoms with Gasteiger partial charge in [0.1, 0.15) is 5.76 Å². The predicted molar refractivity (Wildman–Crippen MR) is 112 cm³/mol. The Labute approximate surface area is 172 Å². The number of aromatic nitrogens is 1. The maximum Gasteiger partial charge on any atom is 0.213 e. The van der Waals surface area contributed by atoms with Gasteiger partial charge >= 0.3 is 0 Å². The van der Waals surface area contributed by atoms with Crippen molar-refractivity contribution in [1.29, 1.82) is 0 Å². The van der Waals surface area contributed by atoms with Gasteiger partial charge in [-0.15, -0.1) is 0 Å². The molecule has 0 spiro atoms. The smallest absolute Gasteiger partial charge is 0.213 e. The Morgan fingerprint density at radius 3 is 2.72 bits per heavy atom. The minimum Gasteiger partial charge on any atom is -0.490 e. The van der Waals surface area contributed by atoms with Crippen LogP contribution in [0, 0.1) is 11.7 Å². The maximum atomic E-state index is 14.3. The molecule has 2 aromatic rings. The van der Waals surface area contributed by atoms with Crippen molar-refractivity contribution in [3.8, 4) is 5.75 Å². The number of aliphatic imine (C=N–C) groups is 1. The normalized spacial score (nSPS) is 15.9. The van der Waals surface area contributed by atoms with Crippen molar-refractivity contribution in [2.24, 2.45) is 10.9 Å². The molecular weight excluding hydrogens is 371 g/mol. The first kappa shape index (κ1) is 21.1. The fraction of sp³-hybridized carbons (Fsp3) is 0.545. The molecule has 7 heteroatoms. The molecule has 1 heterocycles. The van der Waals surface area contributed by atoms with E-state index in [1.807, 2.05) is 13.0 Å². The molecule has 0 aliphatic heterocycles. The van der Waals surface area contributed by atoms with E-state index in [0.717, 1.165) is 11.3 Å². The summed E-state index contributed by atoms with van der Waals surface area (Å²) in [6.07, 6.45) is 4.11. The van der Waals surface area contributed by atoms with Crippen molar-refractivity contribution in [3.05, 3.63) is 47.4 Å². The number of ether oxygens (including phenoxy) is 1. The third-order valence-corrected chi connectivity index (χ3v) is 4.90. The summed E-state index contributed by atoms with van der Waals surface area (Å²) in [6.45, 7) is 9.19. The fourth-order valence-electron chi connectivity index (χ4n) is 2.78. The van der Waals surface area contributed by atoms with Gasteiger partial charge in [-0.05, 0) is 43.4 Å². The second kappa shape index (κ2) is 8.84. The molecule has 1 atom stereocenters. The molecule has 29 heavy (non-hydrogen) atoms. The molecule has 1 aromatic carbocycles. The number of nitrogens with one attached hydrogen (secondary N) is 2. The average molecular weight is 403 g/mol. The monoisotopic (exact) mass is 402 g/mol. The number of hydrogen-bond donors (Lipinski definition) is 2. The summed E-state index contributed by atoms with van der Waals surface area (Å²) in [5, 5.41) is 6.44. The Morgan fingerprint density at radius 1 is 1.38 bits per heavy atom. The number of nitrogens with zero attached hydrogens (tertiary/aromatic N) is 2. The van der Waals surface area contributed by atoms with Crippen molar-refractivity contribution in [1.82, 2.24) is 15.6 Å². The molecule has 158 valence electrons. The molecule has 0 bridgehead atoms. The first-order chi connectivity index (χ1) is 13.8. The van der Waals surface area contributed by atoms with Gasteiger partial charge in [-0.2, -0.15) is 0 Å². The number of benzene rings is 1. The first-order valence-corrected chi connectivity index (χ1v) is 10.1. The van der Waals surface area contributed by atoms with Crippen LogP contribution in [0.1, 0.15) is 63.8 Å². The van der Waals surface area contributed by atoms with Crippen LogP contribution >= 0.6 is 0 Å². The van der Waals surface area contributed by atoms with Crippen molar-refractivity contribution in [2.45, 2.75) is 58.5 Å². The van der Waals surface area contributed by atoms with E-state index in [-0.39, 0.29) is 17.3 Å². The average Bonchev–Trinajstić information content (AvgIpc) is 3.37. The van der Waals surface area contributed by atoms with Gasteiger partial charge in [-0.1, -0.05) is 26.8 Å². The zero-order valence-electron chi connectivity index (χ0n) is 17.9. The summed E-state index contributed by atoms with van der Waals surface area (Å²) < 4.78 is 25.7. The SMILES string of the molecule is CN=C(NCc1ncc(C(C)(C)C)o1)NC(C)c1ccc(OCC2CC2)c(F)c1. The molecule has 1 aliphatic rings. The Morgan fingerprint density at radius 2 is 2.14 bits per heavy atom. The second-order valence-electron chi connectivity index (χ2n) is 8.60. The van der Waals surface area contributed by atoms with Crippen LogP contribution in [0.5, 0.6) is 5.75 Å².